The highest BCUT2D eigenvalue weighted by atomic mass is 19.1. The van der Waals surface area contributed by atoms with Crippen LogP contribution in [0.15, 0.2) is 54.9 Å². The molecule has 0 bridgehead atoms. The molecule has 0 radical (unpaired) electrons. The van der Waals surface area contributed by atoms with Crippen molar-refractivity contribution in [3.63, 3.8) is 0 Å². The molecule has 1 unspecified atom stereocenters. The van der Waals surface area contributed by atoms with E-state index in [1.54, 1.807) is 42.2 Å². The fraction of sp³-hybridized carbons (Fsp3) is 0.111. The van der Waals surface area contributed by atoms with E-state index in [1.165, 1.54) is 18.2 Å². The van der Waals surface area contributed by atoms with Crippen molar-refractivity contribution in [1.82, 2.24) is 9.55 Å². The molecule has 25 heavy (non-hydrogen) atoms. The van der Waals surface area contributed by atoms with E-state index < -0.39 is 29.2 Å². The Morgan fingerprint density at radius 3 is 2.60 bits per heavy atom. The molecule has 7 heteroatoms. The number of hydrogen-bond acceptors (Lipinski definition) is 3. The highest BCUT2D eigenvalue weighted by Crippen LogP contribution is 2.28. The predicted molar refractivity (Wildman–Crippen MR) is 88.4 cm³/mol. The van der Waals surface area contributed by atoms with Crippen LogP contribution in [0.5, 0.6) is 0 Å². The number of aromatic nitrogens is 2. The lowest BCUT2D eigenvalue weighted by Gasteiger charge is -2.21. The summed E-state index contributed by atoms with van der Waals surface area (Å²) in [4.78, 5) is 15.4. The van der Waals surface area contributed by atoms with Crippen LogP contribution in [0.1, 0.15) is 27.8 Å². The van der Waals surface area contributed by atoms with E-state index in [-0.39, 0.29) is 0 Å². The van der Waals surface area contributed by atoms with Crippen molar-refractivity contribution in [1.29, 1.82) is 0 Å². The molecule has 2 aromatic carbocycles. The average molecular weight is 343 g/mol. The molecule has 2 N–H and O–H groups in total. The molecule has 0 fully saturated rings. The van der Waals surface area contributed by atoms with Gasteiger partial charge in [-0.3, -0.25) is 0 Å². The van der Waals surface area contributed by atoms with Crippen molar-refractivity contribution in [3.05, 3.63) is 83.4 Å². The molecule has 0 aliphatic heterocycles. The minimum atomic E-state index is -1.37. The van der Waals surface area contributed by atoms with Crippen LogP contribution < -0.4 is 5.32 Å². The van der Waals surface area contributed by atoms with Crippen LogP contribution in [-0.4, -0.2) is 20.6 Å². The fourth-order valence-electron chi connectivity index (χ4n) is 2.59. The van der Waals surface area contributed by atoms with Crippen molar-refractivity contribution in [3.8, 4) is 0 Å². The van der Waals surface area contributed by atoms with E-state index in [0.717, 1.165) is 6.07 Å². The largest absolute Gasteiger partial charge is 0.478 e. The van der Waals surface area contributed by atoms with Gasteiger partial charge in [-0.1, -0.05) is 18.2 Å². The molecule has 0 spiro atoms. The van der Waals surface area contributed by atoms with E-state index >= 15 is 0 Å². The summed E-state index contributed by atoms with van der Waals surface area (Å²) in [5.41, 5.74) is 0.227. The molecule has 0 aliphatic rings. The normalized spacial score (nSPS) is 12.0. The van der Waals surface area contributed by atoms with Gasteiger partial charge in [-0.25, -0.2) is 18.6 Å². The van der Waals surface area contributed by atoms with Gasteiger partial charge in [0, 0.05) is 30.7 Å². The van der Waals surface area contributed by atoms with Gasteiger partial charge in [0.1, 0.15) is 23.5 Å². The average Bonchev–Trinajstić information content (AvgIpc) is 3.00. The molecule has 3 aromatic rings. The predicted octanol–water partition coefficient (Wildman–Crippen LogP) is 3.60. The minimum Gasteiger partial charge on any atom is -0.478 e. The maximum Gasteiger partial charge on any atom is 0.338 e. The van der Waals surface area contributed by atoms with Crippen molar-refractivity contribution in [2.45, 2.75) is 6.04 Å². The molecule has 0 saturated carbocycles. The van der Waals surface area contributed by atoms with Crippen LogP contribution in [0.3, 0.4) is 0 Å². The number of anilines is 1. The highest BCUT2D eigenvalue weighted by molar-refractivity contribution is 5.89. The van der Waals surface area contributed by atoms with E-state index in [0.29, 0.717) is 17.1 Å². The molecule has 0 amide bonds. The number of benzene rings is 2. The molecule has 1 heterocycles. The van der Waals surface area contributed by atoms with Crippen LogP contribution in [0.4, 0.5) is 14.5 Å². The number of halogens is 2. The number of nitrogens with zero attached hydrogens (tertiary/aromatic N) is 2. The van der Waals surface area contributed by atoms with Crippen molar-refractivity contribution >= 4 is 11.7 Å². The summed E-state index contributed by atoms with van der Waals surface area (Å²) < 4.78 is 29.6. The number of carbonyl (C=O) groups is 1. The molecule has 3 rings (SSSR count). The van der Waals surface area contributed by atoms with Crippen LogP contribution in [-0.2, 0) is 7.05 Å². The summed E-state index contributed by atoms with van der Waals surface area (Å²) in [6.07, 6.45) is 3.30. The number of aromatic carboxylic acids is 1. The van der Waals surface area contributed by atoms with Gasteiger partial charge in [-0.2, -0.15) is 0 Å². The van der Waals surface area contributed by atoms with Crippen LogP contribution in [0.2, 0.25) is 0 Å². The number of aryl methyl sites for hydroxylation is 1. The number of nitrogens with one attached hydrogen (secondary N) is 1. The number of imidazole rings is 1. The van der Waals surface area contributed by atoms with Crippen molar-refractivity contribution < 1.29 is 18.7 Å². The monoisotopic (exact) mass is 343 g/mol. The highest BCUT2D eigenvalue weighted by Gasteiger charge is 2.22. The van der Waals surface area contributed by atoms with Crippen molar-refractivity contribution in [2.75, 3.05) is 5.32 Å². The Labute approximate surface area is 142 Å². The Bertz CT molecular complexity index is 924. The summed E-state index contributed by atoms with van der Waals surface area (Å²) in [5.74, 6) is -2.10. The van der Waals surface area contributed by atoms with E-state index in [9.17, 15) is 13.6 Å². The zero-order valence-electron chi connectivity index (χ0n) is 13.3. The summed E-state index contributed by atoms with van der Waals surface area (Å²) in [7, 11) is 1.77. The third-order valence-electron chi connectivity index (χ3n) is 3.84. The lowest BCUT2D eigenvalue weighted by molar-refractivity contribution is 0.0692. The lowest BCUT2D eigenvalue weighted by atomic mass is 10.0. The van der Waals surface area contributed by atoms with Crippen LogP contribution in [0.25, 0.3) is 0 Å². The number of rotatable bonds is 5. The number of hydrogen-bond donors (Lipinski definition) is 2. The molecular weight excluding hydrogens is 328 g/mol. The molecule has 128 valence electrons. The third-order valence-corrected chi connectivity index (χ3v) is 3.84. The van der Waals surface area contributed by atoms with E-state index in [2.05, 4.69) is 10.3 Å². The van der Waals surface area contributed by atoms with E-state index in [4.69, 9.17) is 5.11 Å². The summed E-state index contributed by atoms with van der Waals surface area (Å²) >= 11 is 0. The Morgan fingerprint density at radius 2 is 1.96 bits per heavy atom. The standard InChI is InChI=1S/C18H15F2N3O2/c1-23-9-8-21-17(23)16(12-4-2-3-5-14(12)19)22-11-6-7-15(20)13(10-11)18(24)25/h2-10,16,22H,1H3,(H,24,25). The Kier molecular flexibility index (Phi) is 4.47. The first-order valence-electron chi connectivity index (χ1n) is 7.48. The molecule has 5 nitrogen and oxygen atoms in total. The van der Waals surface area contributed by atoms with Gasteiger partial charge in [0.15, 0.2) is 0 Å². The second-order valence-electron chi connectivity index (χ2n) is 5.49. The third kappa shape index (κ3) is 3.35. The van der Waals surface area contributed by atoms with Gasteiger partial charge < -0.3 is 15.0 Å². The van der Waals surface area contributed by atoms with Crippen LogP contribution >= 0.6 is 0 Å². The SMILES string of the molecule is Cn1ccnc1C(Nc1ccc(F)c(C(=O)O)c1)c1ccccc1F. The van der Waals surface area contributed by atoms with Gasteiger partial charge in [-0.15, -0.1) is 0 Å². The Balaban J connectivity index is 2.05. The van der Waals surface area contributed by atoms with Crippen molar-refractivity contribution in [2.24, 2.45) is 7.05 Å². The summed E-state index contributed by atoms with van der Waals surface area (Å²) in [6.45, 7) is 0. The first-order chi connectivity index (χ1) is 12.0. The van der Waals surface area contributed by atoms with Gasteiger partial charge in [0.25, 0.3) is 0 Å². The zero-order valence-corrected chi connectivity index (χ0v) is 13.3. The topological polar surface area (TPSA) is 67.2 Å². The first-order valence-corrected chi connectivity index (χ1v) is 7.48. The Hall–Kier alpha value is -3.22. The lowest BCUT2D eigenvalue weighted by Crippen LogP contribution is -2.18. The first kappa shape index (κ1) is 16.6. The maximum absolute atomic E-state index is 14.3. The number of carboxylic acids is 1. The smallest absolute Gasteiger partial charge is 0.338 e. The van der Waals surface area contributed by atoms with Gasteiger partial charge >= 0.3 is 5.97 Å². The second-order valence-corrected chi connectivity index (χ2v) is 5.49. The molecular formula is C18H15F2N3O2. The Morgan fingerprint density at radius 1 is 1.20 bits per heavy atom. The zero-order chi connectivity index (χ0) is 18.0. The van der Waals surface area contributed by atoms with Gasteiger partial charge in [0.05, 0.1) is 5.56 Å². The molecule has 0 saturated heterocycles. The van der Waals surface area contributed by atoms with Crippen LogP contribution in [0, 0.1) is 11.6 Å². The van der Waals surface area contributed by atoms with Gasteiger partial charge in [-0.05, 0) is 24.3 Å². The van der Waals surface area contributed by atoms with Gasteiger partial charge in [0.2, 0.25) is 0 Å². The summed E-state index contributed by atoms with van der Waals surface area (Å²) in [5, 5.41) is 12.1. The molecule has 1 atom stereocenters. The quantitative estimate of drug-likeness (QED) is 0.743. The minimum absolute atomic E-state index is 0.343. The molecule has 1 aromatic heterocycles. The fourth-order valence-corrected chi connectivity index (χ4v) is 2.59. The number of carboxylic acid groups (broad SMARTS) is 1. The van der Waals surface area contributed by atoms with E-state index in [1.807, 2.05) is 0 Å². The summed E-state index contributed by atoms with van der Waals surface area (Å²) in [6, 6.07) is 9.19. The molecule has 0 aliphatic carbocycles. The second kappa shape index (κ2) is 6.72. The maximum atomic E-state index is 14.3.